The van der Waals surface area contributed by atoms with Gasteiger partial charge in [-0.2, -0.15) is 0 Å². The molecular formula is C27H29N3O2S. The SMILES string of the molecule is CC(C)(C)c1ccc(C(=O)NC(=S)Nc2ccccc2C(=O)NCCc2ccccc2)cc1. The molecule has 2 amide bonds. The summed E-state index contributed by atoms with van der Waals surface area (Å²) in [5.41, 5.74) is 3.81. The maximum absolute atomic E-state index is 12.7. The molecule has 0 aliphatic rings. The maximum atomic E-state index is 12.7. The number of benzene rings is 3. The summed E-state index contributed by atoms with van der Waals surface area (Å²) in [5, 5.41) is 8.72. The Bertz CT molecular complexity index is 1120. The number of hydrogen-bond acceptors (Lipinski definition) is 3. The zero-order chi connectivity index (χ0) is 23.8. The molecule has 5 nitrogen and oxygen atoms in total. The molecule has 0 aliphatic heterocycles. The molecule has 0 radical (unpaired) electrons. The van der Waals surface area contributed by atoms with Gasteiger partial charge in [-0.1, -0.05) is 75.4 Å². The molecule has 0 fully saturated rings. The van der Waals surface area contributed by atoms with Crippen molar-refractivity contribution in [3.8, 4) is 0 Å². The number of hydrogen-bond donors (Lipinski definition) is 3. The normalized spacial score (nSPS) is 10.9. The van der Waals surface area contributed by atoms with Crippen LogP contribution in [0, 0.1) is 0 Å². The van der Waals surface area contributed by atoms with Gasteiger partial charge in [0.25, 0.3) is 11.8 Å². The van der Waals surface area contributed by atoms with E-state index in [1.54, 1.807) is 36.4 Å². The lowest BCUT2D eigenvalue weighted by molar-refractivity contribution is 0.0953. The maximum Gasteiger partial charge on any atom is 0.257 e. The van der Waals surface area contributed by atoms with Crippen LogP contribution < -0.4 is 16.0 Å². The number of nitrogens with one attached hydrogen (secondary N) is 3. The first-order valence-electron chi connectivity index (χ1n) is 10.9. The van der Waals surface area contributed by atoms with Crippen molar-refractivity contribution >= 4 is 34.8 Å². The van der Waals surface area contributed by atoms with Crippen molar-refractivity contribution in [1.82, 2.24) is 10.6 Å². The Morgan fingerprint density at radius 3 is 2.12 bits per heavy atom. The number of rotatable bonds is 6. The molecule has 0 aromatic heterocycles. The Morgan fingerprint density at radius 2 is 1.45 bits per heavy atom. The quantitative estimate of drug-likeness (QED) is 0.450. The third-order valence-electron chi connectivity index (χ3n) is 5.20. The van der Waals surface area contributed by atoms with Gasteiger partial charge in [0.1, 0.15) is 0 Å². The van der Waals surface area contributed by atoms with E-state index < -0.39 is 0 Å². The summed E-state index contributed by atoms with van der Waals surface area (Å²) in [6.45, 7) is 6.88. The molecule has 3 aromatic rings. The summed E-state index contributed by atoms with van der Waals surface area (Å²) >= 11 is 5.32. The van der Waals surface area contributed by atoms with Crippen molar-refractivity contribution < 1.29 is 9.59 Å². The van der Waals surface area contributed by atoms with Crippen molar-refractivity contribution in [2.75, 3.05) is 11.9 Å². The second-order valence-corrected chi connectivity index (χ2v) is 9.18. The topological polar surface area (TPSA) is 70.2 Å². The minimum atomic E-state index is -0.308. The predicted molar refractivity (Wildman–Crippen MR) is 138 cm³/mol. The molecule has 170 valence electrons. The molecule has 0 atom stereocenters. The molecule has 0 saturated carbocycles. The van der Waals surface area contributed by atoms with Gasteiger partial charge in [0.15, 0.2) is 5.11 Å². The molecule has 3 rings (SSSR count). The first-order chi connectivity index (χ1) is 15.7. The summed E-state index contributed by atoms with van der Waals surface area (Å²) in [5.74, 6) is -0.515. The van der Waals surface area contributed by atoms with Crippen molar-refractivity contribution in [3.05, 3.63) is 101 Å². The largest absolute Gasteiger partial charge is 0.352 e. The zero-order valence-electron chi connectivity index (χ0n) is 19.1. The summed E-state index contributed by atoms with van der Waals surface area (Å²) in [6.07, 6.45) is 0.741. The third-order valence-corrected chi connectivity index (χ3v) is 5.41. The van der Waals surface area contributed by atoms with Gasteiger partial charge >= 0.3 is 0 Å². The van der Waals surface area contributed by atoms with E-state index in [1.807, 2.05) is 42.5 Å². The first-order valence-corrected chi connectivity index (χ1v) is 11.3. The van der Waals surface area contributed by atoms with Crippen molar-refractivity contribution in [2.24, 2.45) is 0 Å². The van der Waals surface area contributed by atoms with Crippen LogP contribution in [-0.2, 0) is 11.8 Å². The molecule has 0 aliphatic carbocycles. The van der Waals surface area contributed by atoms with E-state index in [-0.39, 0.29) is 22.3 Å². The Morgan fingerprint density at radius 1 is 0.818 bits per heavy atom. The van der Waals surface area contributed by atoms with Crippen LogP contribution in [-0.4, -0.2) is 23.5 Å². The van der Waals surface area contributed by atoms with Gasteiger partial charge in [-0.05, 0) is 59.4 Å². The summed E-state index contributed by atoms with van der Waals surface area (Å²) in [7, 11) is 0. The highest BCUT2D eigenvalue weighted by Crippen LogP contribution is 2.22. The fourth-order valence-corrected chi connectivity index (χ4v) is 3.50. The van der Waals surface area contributed by atoms with E-state index in [0.717, 1.165) is 17.5 Å². The van der Waals surface area contributed by atoms with Crippen LogP contribution >= 0.6 is 12.2 Å². The fraction of sp³-hybridized carbons (Fsp3) is 0.222. The van der Waals surface area contributed by atoms with E-state index in [2.05, 4.69) is 36.7 Å². The van der Waals surface area contributed by atoms with Crippen LogP contribution in [0.1, 0.15) is 52.6 Å². The van der Waals surface area contributed by atoms with E-state index in [4.69, 9.17) is 12.2 Å². The van der Waals surface area contributed by atoms with E-state index in [1.165, 1.54) is 0 Å². The van der Waals surface area contributed by atoms with Gasteiger partial charge in [0.05, 0.1) is 11.3 Å². The second-order valence-electron chi connectivity index (χ2n) is 8.77. The van der Waals surface area contributed by atoms with E-state index in [0.29, 0.717) is 23.4 Å². The molecule has 3 aromatic carbocycles. The van der Waals surface area contributed by atoms with Gasteiger partial charge in [0.2, 0.25) is 0 Å². The Balaban J connectivity index is 1.58. The van der Waals surface area contributed by atoms with E-state index >= 15 is 0 Å². The third kappa shape index (κ3) is 6.99. The highest BCUT2D eigenvalue weighted by atomic mass is 32.1. The predicted octanol–water partition coefficient (Wildman–Crippen LogP) is 5.08. The van der Waals surface area contributed by atoms with Crippen LogP contribution in [0.2, 0.25) is 0 Å². The number of carbonyl (C=O) groups excluding carboxylic acids is 2. The minimum absolute atomic E-state index is 0.0112. The monoisotopic (exact) mass is 459 g/mol. The van der Waals surface area contributed by atoms with Crippen molar-refractivity contribution in [2.45, 2.75) is 32.6 Å². The molecular weight excluding hydrogens is 430 g/mol. The molecule has 0 bridgehead atoms. The van der Waals surface area contributed by atoms with Crippen LogP contribution in [0.25, 0.3) is 0 Å². The molecule has 0 unspecified atom stereocenters. The summed E-state index contributed by atoms with van der Waals surface area (Å²) in [4.78, 5) is 25.3. The van der Waals surface area contributed by atoms with E-state index in [9.17, 15) is 9.59 Å². The minimum Gasteiger partial charge on any atom is -0.352 e. The number of amides is 2. The number of carbonyl (C=O) groups is 2. The smallest absolute Gasteiger partial charge is 0.257 e. The fourth-order valence-electron chi connectivity index (χ4n) is 3.30. The number of anilines is 1. The van der Waals surface area contributed by atoms with Gasteiger partial charge < -0.3 is 10.6 Å². The highest BCUT2D eigenvalue weighted by Gasteiger charge is 2.16. The average molecular weight is 460 g/mol. The molecule has 0 heterocycles. The van der Waals surface area contributed by atoms with Gasteiger partial charge in [-0.15, -0.1) is 0 Å². The van der Waals surface area contributed by atoms with Crippen LogP contribution in [0.15, 0.2) is 78.9 Å². The van der Waals surface area contributed by atoms with Gasteiger partial charge in [0, 0.05) is 12.1 Å². The number of para-hydroxylation sites is 1. The summed E-state index contributed by atoms with van der Waals surface area (Å²) < 4.78 is 0. The summed E-state index contributed by atoms with van der Waals surface area (Å²) in [6, 6.07) is 24.5. The standard InChI is InChI=1S/C27H29N3O2S/c1-27(2,3)21-15-13-20(14-16-21)24(31)30-26(33)29-23-12-8-7-11-22(23)25(32)28-18-17-19-9-5-4-6-10-19/h4-16H,17-18H2,1-3H3,(H,28,32)(H2,29,30,31,33). The zero-order valence-corrected chi connectivity index (χ0v) is 20.0. The molecule has 0 spiro atoms. The molecule has 6 heteroatoms. The van der Waals surface area contributed by atoms with Crippen molar-refractivity contribution in [1.29, 1.82) is 0 Å². The lowest BCUT2D eigenvalue weighted by atomic mass is 9.87. The molecule has 0 saturated heterocycles. The first kappa shape index (κ1) is 24.1. The van der Waals surface area contributed by atoms with Crippen molar-refractivity contribution in [3.63, 3.8) is 0 Å². The Hall–Kier alpha value is -3.51. The lowest BCUT2D eigenvalue weighted by Crippen LogP contribution is -2.35. The van der Waals surface area contributed by atoms with Crippen LogP contribution in [0.5, 0.6) is 0 Å². The van der Waals surface area contributed by atoms with Crippen LogP contribution in [0.4, 0.5) is 5.69 Å². The Kier molecular flexibility index (Phi) is 7.96. The molecule has 33 heavy (non-hydrogen) atoms. The molecule has 3 N–H and O–H groups in total. The number of thiocarbonyl (C=S) groups is 1. The highest BCUT2D eigenvalue weighted by molar-refractivity contribution is 7.80. The van der Waals surface area contributed by atoms with Crippen LogP contribution in [0.3, 0.4) is 0 Å². The van der Waals surface area contributed by atoms with Gasteiger partial charge in [-0.25, -0.2) is 0 Å². The van der Waals surface area contributed by atoms with Gasteiger partial charge in [-0.3, -0.25) is 14.9 Å². The lowest BCUT2D eigenvalue weighted by Gasteiger charge is -2.19. The average Bonchev–Trinajstić information content (AvgIpc) is 2.79. The second kappa shape index (κ2) is 10.9. The Labute approximate surface area is 200 Å².